The summed E-state index contributed by atoms with van der Waals surface area (Å²) in [7, 11) is 3.12. The lowest BCUT2D eigenvalue weighted by Crippen LogP contribution is -2.05. The number of benzene rings is 2. The Labute approximate surface area is 150 Å². The molecule has 0 aliphatic carbocycles. The van der Waals surface area contributed by atoms with Crippen molar-refractivity contribution in [2.24, 2.45) is 0 Å². The Morgan fingerprint density at radius 2 is 1.81 bits per heavy atom. The van der Waals surface area contributed by atoms with Crippen molar-refractivity contribution in [1.29, 1.82) is 0 Å². The van der Waals surface area contributed by atoms with Crippen molar-refractivity contribution < 1.29 is 24.1 Å². The van der Waals surface area contributed by atoms with Crippen LogP contribution in [0.4, 0.5) is 0 Å². The number of ether oxygens (including phenoxy) is 3. The molecule has 2 N–H and O–H groups in total. The number of aromatic carboxylic acids is 1. The number of H-pyrrole nitrogens is 1. The van der Waals surface area contributed by atoms with Gasteiger partial charge in [-0.25, -0.2) is 4.79 Å². The third kappa shape index (κ3) is 2.47. The predicted molar refractivity (Wildman–Crippen MR) is 96.1 cm³/mol. The molecule has 0 saturated carbocycles. The molecule has 0 unspecified atom stereocenters. The maximum atomic E-state index is 11.9. The molecule has 6 nitrogen and oxygen atoms in total. The number of aromatic nitrogens is 1. The fraction of sp³-hybridized carbons (Fsp3) is 0.150. The van der Waals surface area contributed by atoms with Crippen LogP contribution < -0.4 is 14.2 Å². The van der Waals surface area contributed by atoms with Gasteiger partial charge < -0.3 is 24.3 Å². The van der Waals surface area contributed by atoms with Gasteiger partial charge in [0.15, 0.2) is 0 Å². The Morgan fingerprint density at radius 3 is 2.46 bits per heavy atom. The van der Waals surface area contributed by atoms with Gasteiger partial charge in [-0.3, -0.25) is 0 Å². The number of hydrogen-bond acceptors (Lipinski definition) is 4. The fourth-order valence-electron chi connectivity index (χ4n) is 3.29. The Balaban J connectivity index is 1.99. The average Bonchev–Trinajstić information content (AvgIpc) is 3.08. The van der Waals surface area contributed by atoms with Crippen LogP contribution in [0.15, 0.2) is 42.5 Å². The van der Waals surface area contributed by atoms with Crippen LogP contribution in [-0.4, -0.2) is 30.3 Å². The first-order valence-corrected chi connectivity index (χ1v) is 8.06. The number of methoxy groups -OCH3 is 2. The summed E-state index contributed by atoms with van der Waals surface area (Å²) in [6, 6.07) is 12.9. The van der Waals surface area contributed by atoms with Crippen molar-refractivity contribution in [2.75, 3.05) is 14.2 Å². The van der Waals surface area contributed by atoms with Gasteiger partial charge in [-0.05, 0) is 29.8 Å². The molecule has 3 aromatic rings. The number of fused-ring (bicyclic) bond motifs is 3. The lowest BCUT2D eigenvalue weighted by molar-refractivity contribution is 0.0692. The summed E-state index contributed by atoms with van der Waals surface area (Å²) >= 11 is 0. The molecule has 1 aliphatic heterocycles. The highest BCUT2D eigenvalue weighted by Gasteiger charge is 2.28. The molecule has 0 spiro atoms. The van der Waals surface area contributed by atoms with Gasteiger partial charge in [-0.15, -0.1) is 0 Å². The zero-order valence-corrected chi connectivity index (χ0v) is 14.3. The molecule has 0 amide bonds. The summed E-state index contributed by atoms with van der Waals surface area (Å²) in [4.78, 5) is 15.0. The van der Waals surface area contributed by atoms with Crippen LogP contribution in [0.3, 0.4) is 0 Å². The van der Waals surface area contributed by atoms with Crippen molar-refractivity contribution in [3.05, 3.63) is 53.7 Å². The van der Waals surface area contributed by atoms with Gasteiger partial charge in [0.05, 0.1) is 19.9 Å². The van der Waals surface area contributed by atoms with E-state index in [-0.39, 0.29) is 12.3 Å². The van der Waals surface area contributed by atoms with Crippen molar-refractivity contribution in [1.82, 2.24) is 4.98 Å². The largest absolute Gasteiger partial charge is 0.497 e. The van der Waals surface area contributed by atoms with Crippen LogP contribution in [0.5, 0.6) is 17.2 Å². The van der Waals surface area contributed by atoms with Gasteiger partial charge in [0.1, 0.15) is 29.5 Å². The van der Waals surface area contributed by atoms with Gasteiger partial charge in [-0.1, -0.05) is 12.1 Å². The summed E-state index contributed by atoms with van der Waals surface area (Å²) in [5.74, 6) is 0.868. The van der Waals surface area contributed by atoms with Crippen molar-refractivity contribution >= 4 is 5.97 Å². The highest BCUT2D eigenvalue weighted by Crippen LogP contribution is 2.44. The normalized spacial score (nSPS) is 11.9. The fourth-order valence-corrected chi connectivity index (χ4v) is 3.29. The first kappa shape index (κ1) is 16.1. The lowest BCUT2D eigenvalue weighted by Gasteiger charge is -2.19. The number of para-hydroxylation sites is 1. The second-order valence-corrected chi connectivity index (χ2v) is 5.92. The lowest BCUT2D eigenvalue weighted by atomic mass is 9.96. The molecule has 0 fully saturated rings. The molecular formula is C20H17NO5. The Hall–Kier alpha value is -3.41. The summed E-state index contributed by atoms with van der Waals surface area (Å²) in [6.07, 6.45) is 0. The second kappa shape index (κ2) is 6.15. The Bertz CT molecular complexity index is 983. The first-order chi connectivity index (χ1) is 12.6. The van der Waals surface area contributed by atoms with E-state index in [9.17, 15) is 9.90 Å². The number of aromatic amines is 1. The van der Waals surface area contributed by atoms with E-state index in [1.165, 1.54) is 0 Å². The predicted octanol–water partition coefficient (Wildman–Crippen LogP) is 3.96. The maximum absolute atomic E-state index is 11.9. The second-order valence-electron chi connectivity index (χ2n) is 5.92. The molecule has 4 rings (SSSR count). The molecule has 0 saturated heterocycles. The van der Waals surface area contributed by atoms with Gasteiger partial charge in [0.2, 0.25) is 0 Å². The van der Waals surface area contributed by atoms with E-state index in [2.05, 4.69) is 4.98 Å². The Kier molecular flexibility index (Phi) is 3.80. The molecule has 6 heteroatoms. The molecule has 132 valence electrons. The third-order valence-corrected chi connectivity index (χ3v) is 4.49. The standard InChI is InChI=1S/C20H17NO5/c1-24-12-7-11(8-13(9-12)25-2)17-15-10-26-16-6-4-3-5-14(16)18(15)21-19(17)20(22)23/h3-9,21H,10H2,1-2H3,(H,22,23). The van der Waals surface area contributed by atoms with Crippen LogP contribution >= 0.6 is 0 Å². The molecule has 26 heavy (non-hydrogen) atoms. The minimum absolute atomic E-state index is 0.116. The number of carboxylic acids is 1. The zero-order chi connectivity index (χ0) is 18.3. The summed E-state index contributed by atoms with van der Waals surface area (Å²) in [5.41, 5.74) is 3.80. The highest BCUT2D eigenvalue weighted by molar-refractivity contribution is 5.99. The highest BCUT2D eigenvalue weighted by atomic mass is 16.5. The van der Waals surface area contributed by atoms with E-state index < -0.39 is 5.97 Å². The zero-order valence-electron chi connectivity index (χ0n) is 14.3. The molecule has 0 bridgehead atoms. The number of carboxylic acid groups (broad SMARTS) is 1. The Morgan fingerprint density at radius 1 is 1.12 bits per heavy atom. The smallest absolute Gasteiger partial charge is 0.352 e. The first-order valence-electron chi connectivity index (χ1n) is 8.06. The minimum Gasteiger partial charge on any atom is -0.497 e. The van der Waals surface area contributed by atoms with E-state index >= 15 is 0 Å². The number of carbonyl (C=O) groups is 1. The van der Waals surface area contributed by atoms with Gasteiger partial charge in [-0.2, -0.15) is 0 Å². The topological polar surface area (TPSA) is 80.8 Å². The van der Waals surface area contributed by atoms with Crippen molar-refractivity contribution in [2.45, 2.75) is 6.61 Å². The van der Waals surface area contributed by atoms with Crippen LogP contribution in [0, 0.1) is 0 Å². The van der Waals surface area contributed by atoms with E-state index in [1.54, 1.807) is 32.4 Å². The van der Waals surface area contributed by atoms with Crippen LogP contribution in [-0.2, 0) is 6.61 Å². The quantitative estimate of drug-likeness (QED) is 0.744. The molecule has 1 aromatic heterocycles. The summed E-state index contributed by atoms with van der Waals surface area (Å²) in [5, 5.41) is 9.74. The van der Waals surface area contributed by atoms with Crippen molar-refractivity contribution in [3.8, 4) is 39.6 Å². The van der Waals surface area contributed by atoms with E-state index in [1.807, 2.05) is 24.3 Å². The maximum Gasteiger partial charge on any atom is 0.352 e. The van der Waals surface area contributed by atoms with E-state index in [0.29, 0.717) is 22.6 Å². The van der Waals surface area contributed by atoms with Gasteiger partial charge in [0, 0.05) is 22.8 Å². The minimum atomic E-state index is -1.03. The molecule has 0 radical (unpaired) electrons. The average molecular weight is 351 g/mol. The van der Waals surface area contributed by atoms with Gasteiger partial charge in [0.25, 0.3) is 0 Å². The molecule has 0 atom stereocenters. The third-order valence-electron chi connectivity index (χ3n) is 4.49. The van der Waals surface area contributed by atoms with Crippen molar-refractivity contribution in [3.63, 3.8) is 0 Å². The number of rotatable bonds is 4. The van der Waals surface area contributed by atoms with Gasteiger partial charge >= 0.3 is 5.97 Å². The molecular weight excluding hydrogens is 334 g/mol. The van der Waals surface area contributed by atoms with Crippen LogP contribution in [0.1, 0.15) is 16.1 Å². The van der Waals surface area contributed by atoms with E-state index in [4.69, 9.17) is 14.2 Å². The van der Waals surface area contributed by atoms with E-state index in [0.717, 1.165) is 22.6 Å². The molecule has 2 aromatic carbocycles. The molecule has 2 heterocycles. The number of hydrogen-bond donors (Lipinski definition) is 2. The monoisotopic (exact) mass is 351 g/mol. The van der Waals surface area contributed by atoms with Crippen LogP contribution in [0.25, 0.3) is 22.4 Å². The summed E-state index contributed by atoms with van der Waals surface area (Å²) in [6.45, 7) is 0.283. The molecule has 1 aliphatic rings. The summed E-state index contributed by atoms with van der Waals surface area (Å²) < 4.78 is 16.5. The number of nitrogens with one attached hydrogen (secondary N) is 1. The van der Waals surface area contributed by atoms with Crippen LogP contribution in [0.2, 0.25) is 0 Å². The SMILES string of the molecule is COc1cc(OC)cc(-c2c(C(=O)O)[nH]c3c2COc2ccccc2-3)c1.